The SMILES string of the molecule is COc1ccc(CNC(=O)[C@H](c2ccco2)N(CCCO)C(=O)[C@@H]2COc3ccccc3O2)cc1. The Bertz CT molecular complexity index is 1110. The van der Waals surface area contributed by atoms with Crippen LogP contribution in [0.5, 0.6) is 17.2 Å². The molecule has 0 aliphatic carbocycles. The van der Waals surface area contributed by atoms with E-state index in [0.29, 0.717) is 23.0 Å². The van der Waals surface area contributed by atoms with Gasteiger partial charge in [-0.15, -0.1) is 0 Å². The minimum absolute atomic E-state index is 0.00378. The van der Waals surface area contributed by atoms with E-state index in [9.17, 15) is 14.7 Å². The molecule has 0 spiro atoms. The Kier molecular flexibility index (Phi) is 7.89. The zero-order chi connectivity index (χ0) is 24.6. The Balaban J connectivity index is 1.55. The number of carbonyl (C=O) groups excluding carboxylic acids is 2. The number of aliphatic hydroxyl groups is 1. The van der Waals surface area contributed by atoms with E-state index in [1.54, 1.807) is 49.6 Å². The van der Waals surface area contributed by atoms with Crippen molar-refractivity contribution in [3.05, 3.63) is 78.3 Å². The molecule has 35 heavy (non-hydrogen) atoms. The van der Waals surface area contributed by atoms with Crippen molar-refractivity contribution in [2.24, 2.45) is 0 Å². The van der Waals surface area contributed by atoms with Crippen LogP contribution in [0.25, 0.3) is 0 Å². The first-order valence-electron chi connectivity index (χ1n) is 11.3. The third-order valence-electron chi connectivity index (χ3n) is 5.62. The van der Waals surface area contributed by atoms with E-state index in [0.717, 1.165) is 5.56 Å². The van der Waals surface area contributed by atoms with Crippen LogP contribution in [-0.4, -0.2) is 54.8 Å². The number of amides is 2. The van der Waals surface area contributed by atoms with Crippen LogP contribution in [-0.2, 0) is 16.1 Å². The maximum absolute atomic E-state index is 13.6. The topological polar surface area (TPSA) is 110 Å². The maximum atomic E-state index is 13.6. The standard InChI is InChI=1S/C26H28N2O7/c1-32-19-11-9-18(10-12-19)16-27-25(30)24(22-8-4-15-33-22)28(13-5-14-29)26(31)23-17-34-20-6-2-3-7-21(20)35-23/h2-4,6-12,15,23-24,29H,5,13-14,16-17H2,1H3,(H,27,30)/t23-,24-/m0/s1. The fourth-order valence-corrected chi connectivity index (χ4v) is 3.83. The van der Waals surface area contributed by atoms with Crippen molar-refractivity contribution >= 4 is 11.8 Å². The molecule has 9 heteroatoms. The average molecular weight is 481 g/mol. The minimum atomic E-state index is -1.05. The van der Waals surface area contributed by atoms with E-state index >= 15 is 0 Å². The summed E-state index contributed by atoms with van der Waals surface area (Å²) in [4.78, 5) is 28.4. The van der Waals surface area contributed by atoms with Crippen molar-refractivity contribution in [3.8, 4) is 17.2 Å². The molecule has 0 unspecified atom stereocenters. The largest absolute Gasteiger partial charge is 0.497 e. The van der Waals surface area contributed by atoms with Gasteiger partial charge in [-0.05, 0) is 48.4 Å². The predicted molar refractivity (Wildman–Crippen MR) is 126 cm³/mol. The smallest absolute Gasteiger partial charge is 0.268 e. The highest BCUT2D eigenvalue weighted by Crippen LogP contribution is 2.32. The summed E-state index contributed by atoms with van der Waals surface area (Å²) >= 11 is 0. The van der Waals surface area contributed by atoms with Gasteiger partial charge in [-0.1, -0.05) is 24.3 Å². The molecule has 0 fully saturated rings. The van der Waals surface area contributed by atoms with Gasteiger partial charge in [-0.25, -0.2) is 0 Å². The molecule has 0 radical (unpaired) electrons. The molecule has 2 amide bonds. The first-order chi connectivity index (χ1) is 17.1. The zero-order valence-electron chi connectivity index (χ0n) is 19.4. The van der Waals surface area contributed by atoms with Crippen LogP contribution < -0.4 is 19.5 Å². The lowest BCUT2D eigenvalue weighted by Crippen LogP contribution is -2.51. The fourth-order valence-electron chi connectivity index (χ4n) is 3.83. The van der Waals surface area contributed by atoms with Gasteiger partial charge < -0.3 is 34.0 Å². The van der Waals surface area contributed by atoms with Gasteiger partial charge in [0.2, 0.25) is 6.10 Å². The lowest BCUT2D eigenvalue weighted by Gasteiger charge is -2.34. The number of nitrogens with one attached hydrogen (secondary N) is 1. The number of ether oxygens (including phenoxy) is 3. The van der Waals surface area contributed by atoms with Crippen molar-refractivity contribution in [2.45, 2.75) is 25.1 Å². The number of hydrogen-bond acceptors (Lipinski definition) is 7. The second kappa shape index (κ2) is 11.4. The van der Waals surface area contributed by atoms with Crippen LogP contribution in [0.2, 0.25) is 0 Å². The van der Waals surface area contributed by atoms with E-state index in [1.807, 2.05) is 18.2 Å². The molecule has 2 atom stereocenters. The monoisotopic (exact) mass is 480 g/mol. The summed E-state index contributed by atoms with van der Waals surface area (Å²) in [6.45, 7) is 0.230. The molecule has 3 aromatic rings. The molecule has 1 aliphatic heterocycles. The van der Waals surface area contributed by atoms with Crippen molar-refractivity contribution in [1.29, 1.82) is 0 Å². The molecule has 0 saturated carbocycles. The van der Waals surface area contributed by atoms with Gasteiger partial charge in [0.25, 0.3) is 11.8 Å². The molecule has 0 saturated heterocycles. The number of aliphatic hydroxyl groups excluding tert-OH is 1. The fraction of sp³-hybridized carbons (Fsp3) is 0.308. The van der Waals surface area contributed by atoms with Gasteiger partial charge in [0.05, 0.1) is 13.4 Å². The van der Waals surface area contributed by atoms with E-state index < -0.39 is 24.0 Å². The van der Waals surface area contributed by atoms with Crippen LogP contribution in [0.4, 0.5) is 0 Å². The summed E-state index contributed by atoms with van der Waals surface area (Å²) < 4.78 is 22.3. The molecular weight excluding hydrogens is 452 g/mol. The quantitative estimate of drug-likeness (QED) is 0.459. The minimum Gasteiger partial charge on any atom is -0.497 e. The van der Waals surface area contributed by atoms with Gasteiger partial charge in [0.15, 0.2) is 17.5 Å². The predicted octanol–water partition coefficient (Wildman–Crippen LogP) is 2.70. The first kappa shape index (κ1) is 24.2. The molecule has 2 N–H and O–H groups in total. The molecule has 0 bridgehead atoms. The molecule has 4 rings (SSSR count). The third kappa shape index (κ3) is 5.75. The van der Waals surface area contributed by atoms with E-state index in [-0.39, 0.29) is 32.7 Å². The highest BCUT2D eigenvalue weighted by molar-refractivity contribution is 5.90. The van der Waals surface area contributed by atoms with E-state index in [2.05, 4.69) is 5.32 Å². The van der Waals surface area contributed by atoms with Crippen LogP contribution in [0.15, 0.2) is 71.3 Å². The normalized spacial score (nSPS) is 15.2. The highest BCUT2D eigenvalue weighted by atomic mass is 16.6. The number of benzene rings is 2. The number of nitrogens with zero attached hydrogens (tertiary/aromatic N) is 1. The van der Waals surface area contributed by atoms with Crippen LogP contribution in [0.1, 0.15) is 23.8 Å². The van der Waals surface area contributed by atoms with Crippen molar-refractivity contribution in [1.82, 2.24) is 10.2 Å². The number of rotatable bonds is 10. The summed E-state index contributed by atoms with van der Waals surface area (Å²) in [5.74, 6) is 1.18. The average Bonchev–Trinajstić information content (AvgIpc) is 3.43. The molecule has 2 aromatic carbocycles. The first-order valence-corrected chi connectivity index (χ1v) is 11.3. The Labute approximate surface area is 203 Å². The summed E-state index contributed by atoms with van der Waals surface area (Å²) in [6, 6.07) is 16.6. The van der Waals surface area contributed by atoms with Crippen molar-refractivity contribution < 1.29 is 33.3 Å². The molecule has 1 aliphatic rings. The van der Waals surface area contributed by atoms with Gasteiger partial charge in [0, 0.05) is 19.7 Å². The lowest BCUT2D eigenvalue weighted by atomic mass is 10.1. The van der Waals surface area contributed by atoms with Crippen LogP contribution in [0.3, 0.4) is 0 Å². The van der Waals surface area contributed by atoms with Crippen LogP contribution in [0, 0.1) is 0 Å². The number of carbonyl (C=O) groups is 2. The lowest BCUT2D eigenvalue weighted by molar-refractivity contribution is -0.149. The highest BCUT2D eigenvalue weighted by Gasteiger charge is 2.39. The molecule has 184 valence electrons. The number of para-hydroxylation sites is 2. The second-order valence-corrected chi connectivity index (χ2v) is 7.96. The van der Waals surface area contributed by atoms with Gasteiger partial charge in [0.1, 0.15) is 18.1 Å². The zero-order valence-corrected chi connectivity index (χ0v) is 19.4. The van der Waals surface area contributed by atoms with Crippen molar-refractivity contribution in [2.75, 3.05) is 26.9 Å². The van der Waals surface area contributed by atoms with Gasteiger partial charge in [-0.2, -0.15) is 0 Å². The number of furan rings is 1. The second-order valence-electron chi connectivity index (χ2n) is 7.96. The Morgan fingerprint density at radius 2 is 1.89 bits per heavy atom. The number of fused-ring (bicyclic) bond motifs is 1. The molecular formula is C26H28N2O7. The summed E-state index contributed by atoms with van der Waals surface area (Å²) in [5.41, 5.74) is 0.867. The van der Waals surface area contributed by atoms with E-state index in [1.165, 1.54) is 11.2 Å². The Morgan fingerprint density at radius 1 is 1.11 bits per heavy atom. The summed E-state index contributed by atoms with van der Waals surface area (Å²) in [5, 5.41) is 12.3. The number of methoxy groups -OCH3 is 1. The van der Waals surface area contributed by atoms with Gasteiger partial charge >= 0.3 is 0 Å². The summed E-state index contributed by atoms with van der Waals surface area (Å²) in [7, 11) is 1.59. The maximum Gasteiger partial charge on any atom is 0.268 e. The number of hydrogen-bond donors (Lipinski definition) is 2. The van der Waals surface area contributed by atoms with Crippen LogP contribution >= 0.6 is 0 Å². The molecule has 1 aromatic heterocycles. The summed E-state index contributed by atoms with van der Waals surface area (Å²) in [6.07, 6.45) is 0.777. The van der Waals surface area contributed by atoms with Gasteiger partial charge in [-0.3, -0.25) is 9.59 Å². The Morgan fingerprint density at radius 3 is 2.57 bits per heavy atom. The van der Waals surface area contributed by atoms with E-state index in [4.69, 9.17) is 18.6 Å². The molecule has 9 nitrogen and oxygen atoms in total. The Hall–Kier alpha value is -3.98. The van der Waals surface area contributed by atoms with Crippen molar-refractivity contribution in [3.63, 3.8) is 0 Å². The third-order valence-corrected chi connectivity index (χ3v) is 5.62. The molecule has 2 heterocycles.